The van der Waals surface area contributed by atoms with Gasteiger partial charge in [0.1, 0.15) is 0 Å². The summed E-state index contributed by atoms with van der Waals surface area (Å²) in [5.74, 6) is 0.792. The Kier molecular flexibility index (Phi) is 24.0. The van der Waals surface area contributed by atoms with Crippen LogP contribution in [0, 0.1) is 0 Å². The summed E-state index contributed by atoms with van der Waals surface area (Å²) in [6, 6.07) is 0. The van der Waals surface area contributed by atoms with Gasteiger partial charge in [0.2, 0.25) is 0 Å². The molecule has 44 valence electrons. The van der Waals surface area contributed by atoms with E-state index in [-0.39, 0.29) is 0 Å². The third kappa shape index (κ3) is 90.0. The summed E-state index contributed by atoms with van der Waals surface area (Å²) in [6.07, 6.45) is 1.75. The van der Waals surface area contributed by atoms with E-state index in [4.69, 9.17) is 5.73 Å². The van der Waals surface area contributed by atoms with Crippen molar-refractivity contribution in [2.75, 3.05) is 12.3 Å². The molecule has 0 saturated heterocycles. The van der Waals surface area contributed by atoms with E-state index in [0.29, 0.717) is 6.54 Å². The van der Waals surface area contributed by atoms with E-state index in [2.05, 4.69) is 19.2 Å². The lowest BCUT2D eigenvalue weighted by Gasteiger charge is -1.69. The molecule has 0 unspecified atom stereocenters. The Labute approximate surface area is 51.0 Å². The SMILES string of the molecule is C=CC.NCCS. The van der Waals surface area contributed by atoms with Gasteiger partial charge in [0.25, 0.3) is 0 Å². The van der Waals surface area contributed by atoms with Crippen LogP contribution in [0.15, 0.2) is 12.7 Å². The van der Waals surface area contributed by atoms with Crippen molar-refractivity contribution < 1.29 is 0 Å². The van der Waals surface area contributed by atoms with Gasteiger partial charge >= 0.3 is 0 Å². The second kappa shape index (κ2) is 16.6. The van der Waals surface area contributed by atoms with Gasteiger partial charge in [-0.15, -0.1) is 6.58 Å². The molecule has 0 heterocycles. The Hall–Kier alpha value is 0.0500. The molecule has 0 atom stereocenters. The van der Waals surface area contributed by atoms with Crippen LogP contribution in [0.4, 0.5) is 0 Å². The van der Waals surface area contributed by atoms with Crippen LogP contribution >= 0.6 is 12.6 Å². The smallest absolute Gasteiger partial charge is 0.00255 e. The fourth-order valence-electron chi connectivity index (χ4n) is 0. The molecule has 7 heavy (non-hydrogen) atoms. The van der Waals surface area contributed by atoms with Crippen molar-refractivity contribution in [1.29, 1.82) is 0 Å². The first-order valence-corrected chi connectivity index (χ1v) is 2.84. The van der Waals surface area contributed by atoms with E-state index in [1.807, 2.05) is 6.92 Å². The first-order valence-electron chi connectivity index (χ1n) is 2.21. The molecule has 2 N–H and O–H groups in total. The van der Waals surface area contributed by atoms with Crippen molar-refractivity contribution in [3.05, 3.63) is 12.7 Å². The Morgan fingerprint density at radius 2 is 2.00 bits per heavy atom. The van der Waals surface area contributed by atoms with Gasteiger partial charge in [0.15, 0.2) is 0 Å². The van der Waals surface area contributed by atoms with Crippen molar-refractivity contribution in [2.24, 2.45) is 5.73 Å². The van der Waals surface area contributed by atoms with Gasteiger partial charge in [-0.1, -0.05) is 6.08 Å². The summed E-state index contributed by atoms with van der Waals surface area (Å²) in [4.78, 5) is 0. The first kappa shape index (κ1) is 10.1. The van der Waals surface area contributed by atoms with Crippen molar-refractivity contribution in [3.8, 4) is 0 Å². The summed E-state index contributed by atoms with van der Waals surface area (Å²) >= 11 is 3.80. The highest BCUT2D eigenvalue weighted by molar-refractivity contribution is 7.80. The minimum absolute atomic E-state index is 0.684. The molecule has 0 amide bonds. The molecule has 2 heteroatoms. The van der Waals surface area contributed by atoms with Gasteiger partial charge in [-0.25, -0.2) is 0 Å². The van der Waals surface area contributed by atoms with E-state index in [9.17, 15) is 0 Å². The number of nitrogens with two attached hydrogens (primary N) is 1. The Bertz CT molecular complexity index is 27.3. The number of hydrogen-bond donors (Lipinski definition) is 2. The first-order chi connectivity index (χ1) is 3.33. The number of thiol groups is 1. The van der Waals surface area contributed by atoms with Gasteiger partial charge in [-0.3, -0.25) is 0 Å². The Balaban J connectivity index is 0. The van der Waals surface area contributed by atoms with E-state index in [1.54, 1.807) is 6.08 Å². The monoisotopic (exact) mass is 119 g/mol. The van der Waals surface area contributed by atoms with Crippen LogP contribution in [0.2, 0.25) is 0 Å². The fourth-order valence-corrected chi connectivity index (χ4v) is 0. The van der Waals surface area contributed by atoms with Crippen LogP contribution in [0.5, 0.6) is 0 Å². The predicted molar refractivity (Wildman–Crippen MR) is 38.8 cm³/mol. The zero-order valence-corrected chi connectivity index (χ0v) is 5.62. The van der Waals surface area contributed by atoms with E-state index in [0.717, 1.165) is 5.75 Å². The molecular formula is C5H13NS. The van der Waals surface area contributed by atoms with Gasteiger partial charge in [-0.2, -0.15) is 12.6 Å². The van der Waals surface area contributed by atoms with E-state index >= 15 is 0 Å². The normalized spacial score (nSPS) is 6.14. The lowest BCUT2D eigenvalue weighted by molar-refractivity contribution is 1.16. The molecular weight excluding hydrogens is 106 g/mol. The van der Waals surface area contributed by atoms with Crippen LogP contribution in [0.1, 0.15) is 6.92 Å². The molecule has 0 aliphatic heterocycles. The molecule has 0 fully saturated rings. The van der Waals surface area contributed by atoms with Crippen molar-refractivity contribution in [2.45, 2.75) is 6.92 Å². The molecule has 0 aliphatic carbocycles. The molecule has 0 radical (unpaired) electrons. The van der Waals surface area contributed by atoms with Gasteiger partial charge in [0, 0.05) is 12.3 Å². The second-order valence-corrected chi connectivity index (χ2v) is 1.37. The standard InChI is InChI=1S/C3H6.C2H7NS/c1-3-2;3-1-2-4/h3H,1H2,2H3;4H,1-3H2. The van der Waals surface area contributed by atoms with Crippen LogP contribution in [-0.4, -0.2) is 12.3 Å². The third-order valence-electron chi connectivity index (χ3n) is 0.129. The molecule has 0 aliphatic rings. The lowest BCUT2D eigenvalue weighted by atomic mass is 10.8. The van der Waals surface area contributed by atoms with Crippen LogP contribution in [0.25, 0.3) is 0 Å². The largest absolute Gasteiger partial charge is 0.330 e. The summed E-state index contributed by atoms with van der Waals surface area (Å²) in [6.45, 7) is 5.93. The predicted octanol–water partition coefficient (Wildman–Crippen LogP) is 1.07. The van der Waals surface area contributed by atoms with E-state index < -0.39 is 0 Å². The molecule has 0 aromatic rings. The maximum absolute atomic E-state index is 4.95. The minimum atomic E-state index is 0.684. The molecule has 1 nitrogen and oxygen atoms in total. The average molecular weight is 119 g/mol. The molecule has 0 aromatic heterocycles. The zero-order chi connectivity index (χ0) is 6.12. The highest BCUT2D eigenvalue weighted by atomic mass is 32.1. The number of rotatable bonds is 1. The number of allylic oxidation sites excluding steroid dienone is 1. The molecule has 0 rings (SSSR count). The topological polar surface area (TPSA) is 26.0 Å². The maximum atomic E-state index is 4.95. The summed E-state index contributed by atoms with van der Waals surface area (Å²) in [5, 5.41) is 0. The van der Waals surface area contributed by atoms with Crippen molar-refractivity contribution >= 4 is 12.6 Å². The van der Waals surface area contributed by atoms with Crippen molar-refractivity contribution in [3.63, 3.8) is 0 Å². The summed E-state index contributed by atoms with van der Waals surface area (Å²) in [7, 11) is 0. The summed E-state index contributed by atoms with van der Waals surface area (Å²) < 4.78 is 0. The van der Waals surface area contributed by atoms with E-state index in [1.165, 1.54) is 0 Å². The Morgan fingerprint density at radius 3 is 2.00 bits per heavy atom. The highest BCUT2D eigenvalue weighted by Crippen LogP contribution is 1.58. The zero-order valence-electron chi connectivity index (χ0n) is 4.72. The molecule has 0 saturated carbocycles. The molecule has 0 aromatic carbocycles. The lowest BCUT2D eigenvalue weighted by Crippen LogP contribution is -1.97. The van der Waals surface area contributed by atoms with Gasteiger partial charge in [0.05, 0.1) is 0 Å². The second-order valence-electron chi connectivity index (χ2n) is 0.921. The third-order valence-corrected chi connectivity index (χ3v) is 0.387. The molecule has 0 bridgehead atoms. The van der Waals surface area contributed by atoms with Crippen molar-refractivity contribution in [1.82, 2.24) is 0 Å². The summed E-state index contributed by atoms with van der Waals surface area (Å²) in [5.41, 5.74) is 4.95. The fraction of sp³-hybridized carbons (Fsp3) is 0.600. The molecule has 0 spiro atoms. The average Bonchev–Trinajstić information content (AvgIpc) is 1.69. The minimum Gasteiger partial charge on any atom is -0.330 e. The number of hydrogen-bond acceptors (Lipinski definition) is 2. The van der Waals surface area contributed by atoms with Crippen LogP contribution < -0.4 is 5.73 Å². The van der Waals surface area contributed by atoms with Crippen LogP contribution in [0.3, 0.4) is 0 Å². The Morgan fingerprint density at radius 1 is 1.86 bits per heavy atom. The highest BCUT2D eigenvalue weighted by Gasteiger charge is 1.56. The van der Waals surface area contributed by atoms with Crippen LogP contribution in [-0.2, 0) is 0 Å². The van der Waals surface area contributed by atoms with Gasteiger partial charge in [-0.05, 0) is 6.92 Å². The quantitative estimate of drug-likeness (QED) is 0.392. The van der Waals surface area contributed by atoms with Gasteiger partial charge < -0.3 is 5.73 Å². The maximum Gasteiger partial charge on any atom is 0.00255 e.